The Bertz CT molecular complexity index is 256. The molecule has 0 aromatic heterocycles. The maximum atomic E-state index is 11.1. The molecule has 0 aromatic rings. The van der Waals surface area contributed by atoms with E-state index in [1.54, 1.807) is 0 Å². The molecule has 1 aliphatic carbocycles. The monoisotopic (exact) mass is 191 g/mol. The van der Waals surface area contributed by atoms with Crippen LogP contribution in [0.15, 0.2) is 0 Å². The maximum Gasteiger partial charge on any atom is 0.211 e. The summed E-state index contributed by atoms with van der Waals surface area (Å²) in [6, 6.07) is 0. The Morgan fingerprint density at radius 1 is 1.42 bits per heavy atom. The summed E-state index contributed by atoms with van der Waals surface area (Å²) in [5.41, 5.74) is 0.148. The van der Waals surface area contributed by atoms with Gasteiger partial charge in [0.2, 0.25) is 10.0 Å². The van der Waals surface area contributed by atoms with Gasteiger partial charge in [0.1, 0.15) is 0 Å². The Morgan fingerprint density at radius 3 is 2.33 bits per heavy atom. The molecule has 4 heteroatoms. The standard InChI is InChI=1S/C8H17NO2S/c1-8(2)5-3-4-7(6-8)12(9,10)11/h7H,3-6H2,1-2H3,(H2,9,10,11). The summed E-state index contributed by atoms with van der Waals surface area (Å²) in [5.74, 6) is 0. The van der Waals surface area contributed by atoms with Gasteiger partial charge in [-0.15, -0.1) is 0 Å². The highest BCUT2D eigenvalue weighted by molar-refractivity contribution is 7.89. The lowest BCUT2D eigenvalue weighted by molar-refractivity contribution is 0.246. The SMILES string of the molecule is CC1(C)CCCC(S(N)(=O)=O)C1. The van der Waals surface area contributed by atoms with E-state index in [0.717, 1.165) is 19.3 Å². The van der Waals surface area contributed by atoms with Crippen molar-refractivity contribution in [2.24, 2.45) is 10.6 Å². The third-order valence-corrected chi connectivity index (χ3v) is 3.96. The normalized spacial score (nSPS) is 30.1. The highest BCUT2D eigenvalue weighted by atomic mass is 32.2. The van der Waals surface area contributed by atoms with Gasteiger partial charge in [0.15, 0.2) is 0 Å². The summed E-state index contributed by atoms with van der Waals surface area (Å²) < 4.78 is 22.1. The predicted molar refractivity (Wildman–Crippen MR) is 49.1 cm³/mol. The van der Waals surface area contributed by atoms with Crippen LogP contribution in [-0.2, 0) is 10.0 Å². The van der Waals surface area contributed by atoms with Crippen LogP contribution in [0, 0.1) is 5.41 Å². The molecule has 12 heavy (non-hydrogen) atoms. The largest absolute Gasteiger partial charge is 0.228 e. The van der Waals surface area contributed by atoms with Crippen LogP contribution in [0.3, 0.4) is 0 Å². The Kier molecular flexibility index (Phi) is 2.50. The second kappa shape index (κ2) is 3.00. The lowest BCUT2D eigenvalue weighted by Gasteiger charge is -2.33. The number of primary sulfonamides is 1. The van der Waals surface area contributed by atoms with Gasteiger partial charge in [-0.1, -0.05) is 20.3 Å². The predicted octanol–water partition coefficient (Wildman–Crippen LogP) is 1.24. The van der Waals surface area contributed by atoms with Gasteiger partial charge in [0.05, 0.1) is 5.25 Å². The van der Waals surface area contributed by atoms with Gasteiger partial charge in [-0.2, -0.15) is 0 Å². The molecule has 1 atom stereocenters. The molecule has 0 heterocycles. The second-order valence-electron chi connectivity index (χ2n) is 4.47. The van der Waals surface area contributed by atoms with Gasteiger partial charge in [-0.25, -0.2) is 13.6 Å². The first kappa shape index (κ1) is 9.99. The molecule has 0 spiro atoms. The van der Waals surface area contributed by atoms with E-state index >= 15 is 0 Å². The zero-order valence-corrected chi connectivity index (χ0v) is 8.52. The van der Waals surface area contributed by atoms with E-state index in [1.807, 2.05) is 0 Å². The van der Waals surface area contributed by atoms with E-state index in [2.05, 4.69) is 13.8 Å². The molecular formula is C8H17NO2S. The molecule has 1 saturated carbocycles. The Morgan fingerprint density at radius 2 is 2.00 bits per heavy atom. The summed E-state index contributed by atoms with van der Waals surface area (Å²) >= 11 is 0. The molecule has 1 unspecified atom stereocenters. The first-order valence-corrected chi connectivity index (χ1v) is 5.94. The molecule has 0 bridgehead atoms. The Balaban J connectivity index is 2.71. The number of sulfonamides is 1. The lowest BCUT2D eigenvalue weighted by atomic mass is 9.77. The first-order chi connectivity index (χ1) is 5.31. The first-order valence-electron chi connectivity index (χ1n) is 4.33. The maximum absolute atomic E-state index is 11.1. The van der Waals surface area contributed by atoms with Gasteiger partial charge < -0.3 is 0 Å². The minimum absolute atomic E-state index is 0.148. The molecule has 0 saturated heterocycles. The molecule has 0 amide bonds. The molecule has 1 aliphatic rings. The van der Waals surface area contributed by atoms with Crippen LogP contribution >= 0.6 is 0 Å². The zero-order valence-electron chi connectivity index (χ0n) is 7.71. The highest BCUT2D eigenvalue weighted by Gasteiger charge is 2.33. The third-order valence-electron chi connectivity index (χ3n) is 2.62. The number of hydrogen-bond donors (Lipinski definition) is 1. The van der Waals surface area contributed by atoms with Gasteiger partial charge in [0.25, 0.3) is 0 Å². The van der Waals surface area contributed by atoms with Crippen molar-refractivity contribution in [1.82, 2.24) is 0 Å². The quantitative estimate of drug-likeness (QED) is 0.678. The average Bonchev–Trinajstić information content (AvgIpc) is 1.83. The molecular weight excluding hydrogens is 174 g/mol. The number of rotatable bonds is 1. The van der Waals surface area contributed by atoms with Crippen molar-refractivity contribution < 1.29 is 8.42 Å². The summed E-state index contributed by atoms with van der Waals surface area (Å²) in [6.07, 6.45) is 3.54. The van der Waals surface area contributed by atoms with E-state index < -0.39 is 10.0 Å². The lowest BCUT2D eigenvalue weighted by Crippen LogP contribution is -2.36. The van der Waals surface area contributed by atoms with Crippen LogP contribution in [0.1, 0.15) is 39.5 Å². The van der Waals surface area contributed by atoms with E-state index in [9.17, 15) is 8.42 Å². The van der Waals surface area contributed by atoms with Crippen LogP contribution in [0.2, 0.25) is 0 Å². The summed E-state index contributed by atoms with van der Waals surface area (Å²) in [4.78, 5) is 0. The van der Waals surface area contributed by atoms with Crippen molar-refractivity contribution in [3.63, 3.8) is 0 Å². The van der Waals surface area contributed by atoms with Crippen molar-refractivity contribution in [2.75, 3.05) is 0 Å². The van der Waals surface area contributed by atoms with Crippen LogP contribution < -0.4 is 5.14 Å². The van der Waals surface area contributed by atoms with Gasteiger partial charge >= 0.3 is 0 Å². The van der Waals surface area contributed by atoms with Crippen molar-refractivity contribution in [3.8, 4) is 0 Å². The zero-order chi connectivity index (χ0) is 9.41. The van der Waals surface area contributed by atoms with E-state index in [1.165, 1.54) is 0 Å². The van der Waals surface area contributed by atoms with Crippen molar-refractivity contribution in [2.45, 2.75) is 44.8 Å². The van der Waals surface area contributed by atoms with E-state index in [-0.39, 0.29) is 10.7 Å². The summed E-state index contributed by atoms with van der Waals surface area (Å²) in [7, 11) is -3.30. The Labute approximate surface area is 74.4 Å². The third kappa shape index (κ3) is 2.45. The Hall–Kier alpha value is -0.0900. The fourth-order valence-electron chi connectivity index (χ4n) is 1.91. The number of hydrogen-bond acceptors (Lipinski definition) is 2. The van der Waals surface area contributed by atoms with E-state index in [0.29, 0.717) is 6.42 Å². The summed E-state index contributed by atoms with van der Waals surface area (Å²) in [5, 5.41) is 4.80. The van der Waals surface area contributed by atoms with Gasteiger partial charge in [-0.05, 0) is 24.7 Å². The molecule has 1 rings (SSSR count). The molecule has 72 valence electrons. The second-order valence-corrected chi connectivity index (χ2v) is 6.32. The minimum atomic E-state index is -3.30. The van der Waals surface area contributed by atoms with Gasteiger partial charge in [0, 0.05) is 0 Å². The van der Waals surface area contributed by atoms with Crippen LogP contribution in [0.25, 0.3) is 0 Å². The van der Waals surface area contributed by atoms with E-state index in [4.69, 9.17) is 5.14 Å². The van der Waals surface area contributed by atoms with Crippen LogP contribution in [-0.4, -0.2) is 13.7 Å². The van der Waals surface area contributed by atoms with Crippen molar-refractivity contribution in [3.05, 3.63) is 0 Å². The topological polar surface area (TPSA) is 60.2 Å². The van der Waals surface area contributed by atoms with Crippen LogP contribution in [0.5, 0.6) is 0 Å². The van der Waals surface area contributed by atoms with Crippen molar-refractivity contribution >= 4 is 10.0 Å². The fraction of sp³-hybridized carbons (Fsp3) is 1.00. The smallest absolute Gasteiger partial charge is 0.211 e. The molecule has 0 radical (unpaired) electrons. The average molecular weight is 191 g/mol. The molecule has 3 nitrogen and oxygen atoms in total. The highest BCUT2D eigenvalue weighted by Crippen LogP contribution is 2.37. The molecule has 0 aliphatic heterocycles. The van der Waals surface area contributed by atoms with Crippen molar-refractivity contribution in [1.29, 1.82) is 0 Å². The summed E-state index contributed by atoms with van der Waals surface area (Å²) in [6.45, 7) is 4.20. The molecule has 0 aromatic carbocycles. The molecule has 2 N–H and O–H groups in total. The minimum Gasteiger partial charge on any atom is -0.228 e. The van der Waals surface area contributed by atoms with Crippen LogP contribution in [0.4, 0.5) is 0 Å². The van der Waals surface area contributed by atoms with Gasteiger partial charge in [-0.3, -0.25) is 0 Å². The molecule has 1 fully saturated rings. The number of nitrogens with two attached hydrogens (primary N) is 1. The fourth-order valence-corrected chi connectivity index (χ4v) is 3.09.